The lowest BCUT2D eigenvalue weighted by molar-refractivity contribution is -0.168. The third-order valence-corrected chi connectivity index (χ3v) is 7.92. The molecule has 2 heterocycles. The average molecular weight is 551 g/mol. The molecular formula is C33H34N4O4. The number of nitrogens with one attached hydrogen (secondary N) is 1. The van der Waals surface area contributed by atoms with Crippen molar-refractivity contribution in [3.8, 4) is 11.8 Å². The number of fused-ring (bicyclic) bond motifs is 2. The van der Waals surface area contributed by atoms with Crippen LogP contribution in [-0.2, 0) is 33.8 Å². The molecule has 1 fully saturated rings. The highest BCUT2D eigenvalue weighted by atomic mass is 16.3. The van der Waals surface area contributed by atoms with E-state index in [0.717, 1.165) is 16.7 Å². The Bertz CT molecular complexity index is 1480. The molecule has 3 amide bonds. The first-order valence-electron chi connectivity index (χ1n) is 14.0. The van der Waals surface area contributed by atoms with Crippen molar-refractivity contribution >= 4 is 17.7 Å². The first kappa shape index (κ1) is 27.9. The van der Waals surface area contributed by atoms with E-state index in [1.165, 1.54) is 4.90 Å². The van der Waals surface area contributed by atoms with E-state index >= 15 is 0 Å². The van der Waals surface area contributed by atoms with Crippen molar-refractivity contribution in [1.82, 2.24) is 15.1 Å². The van der Waals surface area contributed by atoms with Crippen LogP contribution in [0.3, 0.4) is 0 Å². The largest absolute Gasteiger partial charge is 0.508 e. The average Bonchev–Trinajstić information content (AvgIpc) is 2.98. The molecule has 5 rings (SSSR count). The Balaban J connectivity index is 1.50. The SMILES string of the molecule is CC(C)CC1C(=O)N2Cc3ccccc3CC2C(=O)N1C(C(=O)NCCc1ccc(O)cc1)c1ccc(C#N)cc1. The summed E-state index contributed by atoms with van der Waals surface area (Å²) in [4.78, 5) is 45.6. The molecule has 8 nitrogen and oxygen atoms in total. The maximum atomic E-state index is 14.4. The lowest BCUT2D eigenvalue weighted by atomic mass is 9.86. The monoisotopic (exact) mass is 550 g/mol. The Morgan fingerprint density at radius 3 is 2.34 bits per heavy atom. The van der Waals surface area contributed by atoms with Crippen LogP contribution in [0.25, 0.3) is 0 Å². The summed E-state index contributed by atoms with van der Waals surface area (Å²) in [5, 5.41) is 21.9. The van der Waals surface area contributed by atoms with Crippen LogP contribution in [0.1, 0.15) is 54.1 Å². The predicted molar refractivity (Wildman–Crippen MR) is 153 cm³/mol. The third-order valence-electron chi connectivity index (χ3n) is 7.92. The van der Waals surface area contributed by atoms with Crippen LogP contribution in [-0.4, -0.2) is 51.3 Å². The number of carbonyl (C=O) groups is 3. The topological polar surface area (TPSA) is 114 Å². The van der Waals surface area contributed by atoms with Crippen molar-refractivity contribution in [2.75, 3.05) is 6.54 Å². The van der Waals surface area contributed by atoms with E-state index in [2.05, 4.69) is 11.4 Å². The molecule has 1 saturated heterocycles. The zero-order chi connectivity index (χ0) is 29.1. The van der Waals surface area contributed by atoms with E-state index in [0.29, 0.717) is 43.5 Å². The van der Waals surface area contributed by atoms with Gasteiger partial charge in [-0.05, 0) is 65.3 Å². The van der Waals surface area contributed by atoms with Crippen LogP contribution in [0.2, 0.25) is 0 Å². The van der Waals surface area contributed by atoms with Crippen molar-refractivity contribution in [3.05, 3.63) is 101 Å². The lowest BCUT2D eigenvalue weighted by Gasteiger charge is -2.49. The molecule has 8 heteroatoms. The number of rotatable bonds is 8. The number of amides is 3. The molecule has 2 aliphatic heterocycles. The van der Waals surface area contributed by atoms with Crippen molar-refractivity contribution in [2.45, 2.75) is 57.8 Å². The molecule has 3 aromatic carbocycles. The van der Waals surface area contributed by atoms with Crippen LogP contribution in [0, 0.1) is 17.2 Å². The highest BCUT2D eigenvalue weighted by Crippen LogP contribution is 2.36. The second-order valence-electron chi connectivity index (χ2n) is 11.2. The maximum Gasteiger partial charge on any atom is 0.247 e. The van der Waals surface area contributed by atoms with Gasteiger partial charge >= 0.3 is 0 Å². The number of aromatic hydroxyl groups is 1. The highest BCUT2D eigenvalue weighted by Gasteiger charge is 2.51. The number of carbonyl (C=O) groups excluding carboxylic acids is 3. The standard InChI is InChI=1S/C33H34N4O4/c1-21(2)17-29-32(40)36-20-26-6-4-3-5-25(26)18-28(36)33(41)37(29)30(24-11-7-23(19-34)8-12-24)31(39)35-16-15-22-9-13-27(38)14-10-22/h3-14,21,28-30,38H,15-18,20H2,1-2H3,(H,35,39). The molecular weight excluding hydrogens is 516 g/mol. The van der Waals surface area contributed by atoms with E-state index in [4.69, 9.17) is 0 Å². The van der Waals surface area contributed by atoms with Gasteiger partial charge in [-0.3, -0.25) is 14.4 Å². The zero-order valence-corrected chi connectivity index (χ0v) is 23.3. The highest BCUT2D eigenvalue weighted by molar-refractivity contribution is 6.00. The molecule has 0 radical (unpaired) electrons. The molecule has 3 atom stereocenters. The quantitative estimate of drug-likeness (QED) is 0.442. The van der Waals surface area contributed by atoms with E-state index in [-0.39, 0.29) is 29.4 Å². The minimum atomic E-state index is -1.04. The van der Waals surface area contributed by atoms with Crippen molar-refractivity contribution < 1.29 is 19.5 Å². The summed E-state index contributed by atoms with van der Waals surface area (Å²) in [6, 6.07) is 20.8. The van der Waals surface area contributed by atoms with E-state index in [1.807, 2.05) is 38.1 Å². The minimum Gasteiger partial charge on any atom is -0.508 e. The third kappa shape index (κ3) is 5.80. The van der Waals surface area contributed by atoms with Gasteiger partial charge in [0.1, 0.15) is 23.9 Å². The van der Waals surface area contributed by atoms with Crippen LogP contribution in [0.5, 0.6) is 5.75 Å². The fourth-order valence-electron chi connectivity index (χ4n) is 5.85. The van der Waals surface area contributed by atoms with Gasteiger partial charge < -0.3 is 20.2 Å². The second kappa shape index (κ2) is 11.8. The molecule has 41 heavy (non-hydrogen) atoms. The van der Waals surface area contributed by atoms with Gasteiger partial charge in [0.05, 0.1) is 11.6 Å². The van der Waals surface area contributed by atoms with Crippen LogP contribution < -0.4 is 5.32 Å². The predicted octanol–water partition coefficient (Wildman–Crippen LogP) is 3.87. The summed E-state index contributed by atoms with van der Waals surface area (Å²) in [6.45, 7) is 4.68. The van der Waals surface area contributed by atoms with E-state index in [1.54, 1.807) is 53.4 Å². The summed E-state index contributed by atoms with van der Waals surface area (Å²) in [7, 11) is 0. The Kier molecular flexibility index (Phi) is 8.06. The number of phenolic OH excluding ortho intramolecular Hbond substituents is 1. The van der Waals surface area contributed by atoms with Crippen LogP contribution in [0.15, 0.2) is 72.8 Å². The Morgan fingerprint density at radius 1 is 1.00 bits per heavy atom. The van der Waals surface area contributed by atoms with Gasteiger partial charge in [-0.15, -0.1) is 0 Å². The number of nitrogens with zero attached hydrogens (tertiary/aromatic N) is 3. The normalized spacial score (nSPS) is 18.9. The van der Waals surface area contributed by atoms with Gasteiger partial charge in [-0.2, -0.15) is 5.26 Å². The summed E-state index contributed by atoms with van der Waals surface area (Å²) in [6.07, 6.45) is 1.35. The molecule has 0 saturated carbocycles. The molecule has 0 aromatic heterocycles. The van der Waals surface area contributed by atoms with E-state index < -0.39 is 18.1 Å². The molecule has 2 aliphatic rings. The molecule has 210 valence electrons. The van der Waals surface area contributed by atoms with Gasteiger partial charge in [0, 0.05) is 19.5 Å². The molecule has 3 unspecified atom stereocenters. The lowest BCUT2D eigenvalue weighted by Crippen LogP contribution is -2.67. The van der Waals surface area contributed by atoms with Crippen LogP contribution >= 0.6 is 0 Å². The van der Waals surface area contributed by atoms with Gasteiger partial charge in [-0.1, -0.05) is 62.4 Å². The Labute approximate surface area is 240 Å². The number of hydrogen-bond acceptors (Lipinski definition) is 5. The van der Waals surface area contributed by atoms with Crippen LogP contribution in [0.4, 0.5) is 0 Å². The van der Waals surface area contributed by atoms with Crippen molar-refractivity contribution in [1.29, 1.82) is 5.26 Å². The summed E-state index contributed by atoms with van der Waals surface area (Å²) in [5.74, 6) is -0.497. The molecule has 0 spiro atoms. The molecule has 0 bridgehead atoms. The van der Waals surface area contributed by atoms with Gasteiger partial charge in [0.2, 0.25) is 17.7 Å². The Morgan fingerprint density at radius 2 is 1.68 bits per heavy atom. The number of piperazine rings is 1. The number of hydrogen-bond donors (Lipinski definition) is 2. The minimum absolute atomic E-state index is 0.104. The number of phenols is 1. The second-order valence-corrected chi connectivity index (χ2v) is 11.2. The molecule has 2 N–H and O–H groups in total. The summed E-state index contributed by atoms with van der Waals surface area (Å²) in [5.41, 5.74) is 4.00. The summed E-state index contributed by atoms with van der Waals surface area (Å²) < 4.78 is 0. The smallest absolute Gasteiger partial charge is 0.247 e. The van der Waals surface area contributed by atoms with Gasteiger partial charge in [0.25, 0.3) is 0 Å². The first-order chi connectivity index (χ1) is 19.8. The fraction of sp³-hybridized carbons (Fsp3) is 0.333. The number of nitriles is 1. The van der Waals surface area contributed by atoms with E-state index in [9.17, 15) is 24.8 Å². The fourth-order valence-corrected chi connectivity index (χ4v) is 5.85. The van der Waals surface area contributed by atoms with Crippen molar-refractivity contribution in [2.24, 2.45) is 5.92 Å². The van der Waals surface area contributed by atoms with Gasteiger partial charge in [-0.25, -0.2) is 0 Å². The zero-order valence-electron chi connectivity index (χ0n) is 23.3. The maximum absolute atomic E-state index is 14.4. The Hall–Kier alpha value is -4.64. The molecule has 0 aliphatic carbocycles. The van der Waals surface area contributed by atoms with Gasteiger partial charge in [0.15, 0.2) is 0 Å². The number of benzene rings is 3. The summed E-state index contributed by atoms with van der Waals surface area (Å²) >= 11 is 0. The molecule has 3 aromatic rings. The first-order valence-corrected chi connectivity index (χ1v) is 14.0. The van der Waals surface area contributed by atoms with Crippen molar-refractivity contribution in [3.63, 3.8) is 0 Å².